The summed E-state index contributed by atoms with van der Waals surface area (Å²) in [5.74, 6) is -1.43. The van der Waals surface area contributed by atoms with Crippen LogP contribution < -0.4 is 4.74 Å². The van der Waals surface area contributed by atoms with Gasteiger partial charge < -0.3 is 19.7 Å². The number of rotatable bonds is 4. The Kier molecular flexibility index (Phi) is 4.77. The van der Waals surface area contributed by atoms with E-state index in [0.717, 1.165) is 11.1 Å². The number of carbonyl (C=O) groups is 2. The standard InChI is InChI=1S/C28H32O6/c1-14(2)7-8-17-19(29)13-20(30)22-23(31)18-11-16-12-21-26(5,6)34-27(25(16)32,10-9-15(3)4)28(18,21)33-24(17)22/h7,9,11,13,16,21,29-30H,8,10,12H2,1-6H3/t16-,21+,27-,28+/m0/s1. The maximum absolute atomic E-state index is 14.0. The number of benzene rings is 1. The van der Waals surface area contributed by atoms with Crippen LogP contribution >= 0.6 is 0 Å². The molecule has 1 saturated carbocycles. The number of phenolic OH excluding ortho intramolecular Hbond substituents is 2. The number of allylic oxidation sites excluding steroid dienone is 4. The van der Waals surface area contributed by atoms with Crippen LogP contribution in [0.25, 0.3) is 0 Å². The number of carbonyl (C=O) groups excluding carboxylic acids is 2. The van der Waals surface area contributed by atoms with Crippen LogP contribution in [0.4, 0.5) is 0 Å². The Bertz CT molecular complexity index is 1220. The molecule has 0 aromatic heterocycles. The third-order valence-electron chi connectivity index (χ3n) is 7.95. The van der Waals surface area contributed by atoms with E-state index in [-0.39, 0.29) is 40.3 Å². The van der Waals surface area contributed by atoms with E-state index in [2.05, 4.69) is 0 Å². The van der Waals surface area contributed by atoms with Gasteiger partial charge in [-0.05, 0) is 54.4 Å². The smallest absolute Gasteiger partial charge is 0.200 e. The summed E-state index contributed by atoms with van der Waals surface area (Å²) in [6, 6.07) is 1.20. The summed E-state index contributed by atoms with van der Waals surface area (Å²) in [5.41, 5.74) is -0.450. The fourth-order valence-corrected chi connectivity index (χ4v) is 6.48. The molecule has 2 fully saturated rings. The average Bonchev–Trinajstić information content (AvgIpc) is 2.89. The van der Waals surface area contributed by atoms with Crippen molar-refractivity contribution in [3.8, 4) is 17.2 Å². The molecule has 0 amide bonds. The Hall–Kier alpha value is -2.86. The number of hydrogen-bond donors (Lipinski definition) is 2. The lowest BCUT2D eigenvalue weighted by Crippen LogP contribution is -2.72. The van der Waals surface area contributed by atoms with Gasteiger partial charge in [0.2, 0.25) is 0 Å². The number of fused-ring (bicyclic) bond motifs is 1. The van der Waals surface area contributed by atoms with Crippen LogP contribution in [0.15, 0.2) is 41.0 Å². The Morgan fingerprint density at radius 1 is 1.09 bits per heavy atom. The minimum absolute atomic E-state index is 0.0430. The molecule has 0 radical (unpaired) electrons. The van der Waals surface area contributed by atoms with Gasteiger partial charge in [0.05, 0.1) is 5.60 Å². The average molecular weight is 465 g/mol. The van der Waals surface area contributed by atoms with E-state index in [9.17, 15) is 19.8 Å². The highest BCUT2D eigenvalue weighted by molar-refractivity contribution is 6.18. The second-order valence-electron chi connectivity index (χ2n) is 11.1. The van der Waals surface area contributed by atoms with Crippen LogP contribution in [-0.2, 0) is 16.0 Å². The Labute approximate surface area is 200 Å². The van der Waals surface area contributed by atoms with Gasteiger partial charge in [0.1, 0.15) is 22.8 Å². The van der Waals surface area contributed by atoms with Crippen molar-refractivity contribution in [2.75, 3.05) is 0 Å². The van der Waals surface area contributed by atoms with Crippen LogP contribution in [0.3, 0.4) is 0 Å². The second-order valence-corrected chi connectivity index (χ2v) is 11.1. The van der Waals surface area contributed by atoms with E-state index in [1.54, 1.807) is 6.08 Å². The van der Waals surface area contributed by atoms with E-state index < -0.39 is 22.7 Å². The molecule has 6 rings (SSSR count). The number of phenols is 2. The highest BCUT2D eigenvalue weighted by Crippen LogP contribution is 2.68. The molecule has 3 aliphatic carbocycles. The quantitative estimate of drug-likeness (QED) is 0.611. The molecule has 6 nitrogen and oxygen atoms in total. The van der Waals surface area contributed by atoms with Crippen molar-refractivity contribution >= 4 is 11.6 Å². The van der Waals surface area contributed by atoms with Gasteiger partial charge in [0.15, 0.2) is 22.8 Å². The van der Waals surface area contributed by atoms with Gasteiger partial charge >= 0.3 is 0 Å². The number of hydrogen-bond acceptors (Lipinski definition) is 6. The van der Waals surface area contributed by atoms with Gasteiger partial charge in [-0.15, -0.1) is 0 Å². The van der Waals surface area contributed by atoms with E-state index in [4.69, 9.17) is 9.47 Å². The molecule has 0 unspecified atom stereocenters. The van der Waals surface area contributed by atoms with Gasteiger partial charge in [0.25, 0.3) is 0 Å². The molecule has 1 aromatic carbocycles. The van der Waals surface area contributed by atoms with Crippen LogP contribution in [0.1, 0.15) is 70.3 Å². The van der Waals surface area contributed by atoms with Crippen LogP contribution in [0, 0.1) is 11.8 Å². The maximum atomic E-state index is 14.0. The third kappa shape index (κ3) is 2.72. The topological polar surface area (TPSA) is 93.1 Å². The molecule has 4 bridgehead atoms. The number of aromatic hydroxyl groups is 2. The molecule has 180 valence electrons. The van der Waals surface area contributed by atoms with Crippen molar-refractivity contribution in [3.63, 3.8) is 0 Å². The van der Waals surface area contributed by atoms with Crippen molar-refractivity contribution in [2.24, 2.45) is 11.8 Å². The van der Waals surface area contributed by atoms with E-state index in [0.29, 0.717) is 30.4 Å². The van der Waals surface area contributed by atoms with E-state index >= 15 is 0 Å². The molecule has 1 aromatic rings. The summed E-state index contributed by atoms with van der Waals surface area (Å²) in [7, 11) is 0. The summed E-state index contributed by atoms with van der Waals surface area (Å²) in [4.78, 5) is 27.9. The molecule has 5 aliphatic rings. The summed E-state index contributed by atoms with van der Waals surface area (Å²) >= 11 is 0. The Morgan fingerprint density at radius 3 is 2.41 bits per heavy atom. The molecule has 34 heavy (non-hydrogen) atoms. The zero-order valence-electron chi connectivity index (χ0n) is 20.6. The van der Waals surface area contributed by atoms with E-state index in [1.165, 1.54) is 6.07 Å². The van der Waals surface area contributed by atoms with Crippen molar-refractivity contribution in [1.29, 1.82) is 0 Å². The van der Waals surface area contributed by atoms with Crippen molar-refractivity contribution < 1.29 is 29.3 Å². The summed E-state index contributed by atoms with van der Waals surface area (Å²) in [5, 5.41) is 21.4. The zero-order valence-corrected chi connectivity index (χ0v) is 20.6. The summed E-state index contributed by atoms with van der Waals surface area (Å²) in [6.45, 7) is 11.7. The maximum Gasteiger partial charge on any atom is 0.200 e. The van der Waals surface area contributed by atoms with Gasteiger partial charge in [0, 0.05) is 35.5 Å². The minimum Gasteiger partial charge on any atom is -0.507 e. The lowest BCUT2D eigenvalue weighted by Gasteiger charge is -2.56. The molecule has 6 heteroatoms. The molecule has 2 N–H and O–H groups in total. The van der Waals surface area contributed by atoms with Gasteiger partial charge in [-0.1, -0.05) is 29.4 Å². The van der Waals surface area contributed by atoms with Gasteiger partial charge in [-0.25, -0.2) is 0 Å². The third-order valence-corrected chi connectivity index (χ3v) is 7.95. The SMILES string of the molecule is CC(C)=CCc1c(O)cc(O)c2c1O[C@]13C(=C[C@H]4C[C@@H]1C(C)(C)O[C@@]3(CC=C(C)C)C4=O)C2=O. The van der Waals surface area contributed by atoms with Crippen LogP contribution in [-0.4, -0.2) is 38.6 Å². The van der Waals surface area contributed by atoms with Crippen molar-refractivity contribution in [1.82, 2.24) is 0 Å². The van der Waals surface area contributed by atoms with Gasteiger partial charge in [-0.3, -0.25) is 9.59 Å². The molecular weight excluding hydrogens is 432 g/mol. The van der Waals surface area contributed by atoms with Gasteiger partial charge in [-0.2, -0.15) is 0 Å². The zero-order chi connectivity index (χ0) is 24.8. The first-order valence-electron chi connectivity index (χ1n) is 11.9. The molecular formula is C28H32O6. The van der Waals surface area contributed by atoms with E-state index in [1.807, 2.05) is 53.7 Å². The number of ether oxygens (including phenoxy) is 2. The fourth-order valence-electron chi connectivity index (χ4n) is 6.48. The van der Waals surface area contributed by atoms with Crippen molar-refractivity contribution in [2.45, 2.75) is 77.6 Å². The Balaban J connectivity index is 1.81. The van der Waals surface area contributed by atoms with Crippen LogP contribution in [0.2, 0.25) is 0 Å². The lowest BCUT2D eigenvalue weighted by molar-refractivity contribution is -0.171. The first-order valence-corrected chi connectivity index (χ1v) is 11.9. The predicted octanol–water partition coefficient (Wildman–Crippen LogP) is 4.97. The van der Waals surface area contributed by atoms with Crippen molar-refractivity contribution in [3.05, 3.63) is 52.1 Å². The minimum atomic E-state index is -1.35. The largest absolute Gasteiger partial charge is 0.507 e. The predicted molar refractivity (Wildman–Crippen MR) is 127 cm³/mol. The summed E-state index contributed by atoms with van der Waals surface area (Å²) < 4.78 is 13.5. The molecule has 2 aliphatic heterocycles. The monoisotopic (exact) mass is 464 g/mol. The molecule has 4 atom stereocenters. The highest BCUT2D eigenvalue weighted by Gasteiger charge is 2.81. The number of ketones is 2. The number of Topliss-reactive ketones (excluding diaryl/α,β-unsaturated/α-hetero) is 2. The normalized spacial score (nSPS) is 31.9. The lowest BCUT2D eigenvalue weighted by atomic mass is 9.51. The summed E-state index contributed by atoms with van der Waals surface area (Å²) in [6.07, 6.45) is 6.78. The first kappa shape index (κ1) is 22.9. The Morgan fingerprint density at radius 2 is 1.76 bits per heavy atom. The molecule has 2 heterocycles. The molecule has 1 saturated heterocycles. The van der Waals surface area contributed by atoms with Crippen LogP contribution in [0.5, 0.6) is 17.2 Å². The highest BCUT2D eigenvalue weighted by atomic mass is 16.6. The molecule has 1 spiro atoms. The second kappa shape index (κ2) is 7.08. The first-order chi connectivity index (χ1) is 15.9. The fraction of sp³-hybridized carbons (Fsp3) is 0.500.